The first-order chi connectivity index (χ1) is 17.3. The first-order valence-electron chi connectivity index (χ1n) is 11.9. The number of hydrogen-bond donors (Lipinski definition) is 2. The average Bonchev–Trinajstić information content (AvgIpc) is 2.85. The maximum absolute atomic E-state index is 11.5. The zero-order valence-electron chi connectivity index (χ0n) is 22.6. The second-order valence-electron chi connectivity index (χ2n) is 10.2. The van der Waals surface area contributed by atoms with E-state index in [1.807, 2.05) is 0 Å². The molecule has 1 aliphatic heterocycles. The minimum absolute atomic E-state index is 0.0891. The van der Waals surface area contributed by atoms with Gasteiger partial charge in [0, 0.05) is 11.6 Å². The summed E-state index contributed by atoms with van der Waals surface area (Å²) >= 11 is 0. The molecule has 2 aromatic rings. The highest BCUT2D eigenvalue weighted by Crippen LogP contribution is 2.49. The second kappa shape index (κ2) is 10.9. The van der Waals surface area contributed by atoms with Crippen LogP contribution in [-0.4, -0.2) is 58.5 Å². The SMILES string of the molecule is COC(=O)/C=C/c1cc(OC)c2c(c1)OC(c1cc(O)c(O[Si](C)(C)C(C)(C)C)c(OC)c1)C(CO)O2. The molecule has 1 aliphatic rings. The van der Waals surface area contributed by atoms with Gasteiger partial charge in [-0.1, -0.05) is 20.8 Å². The van der Waals surface area contributed by atoms with Crippen LogP contribution in [0.15, 0.2) is 30.3 Å². The number of aliphatic hydroxyl groups excluding tert-OH is 1. The van der Waals surface area contributed by atoms with Gasteiger partial charge in [-0.25, -0.2) is 4.79 Å². The van der Waals surface area contributed by atoms with Gasteiger partial charge in [-0.2, -0.15) is 0 Å². The van der Waals surface area contributed by atoms with Crippen LogP contribution in [0.4, 0.5) is 0 Å². The number of rotatable bonds is 8. The Kier molecular flexibility index (Phi) is 8.34. The molecule has 0 spiro atoms. The predicted octanol–water partition coefficient (Wildman–Crippen LogP) is 4.85. The Morgan fingerprint density at radius 3 is 2.30 bits per heavy atom. The largest absolute Gasteiger partial charge is 0.539 e. The number of benzene rings is 2. The van der Waals surface area contributed by atoms with Crippen LogP contribution in [-0.2, 0) is 9.53 Å². The molecule has 202 valence electrons. The van der Waals surface area contributed by atoms with Crippen molar-refractivity contribution < 1.29 is 43.1 Å². The highest BCUT2D eigenvalue weighted by Gasteiger charge is 2.41. The van der Waals surface area contributed by atoms with Crippen molar-refractivity contribution in [2.75, 3.05) is 27.9 Å². The van der Waals surface area contributed by atoms with E-state index in [1.165, 1.54) is 33.5 Å². The lowest BCUT2D eigenvalue weighted by Crippen LogP contribution is -2.44. The molecule has 0 aliphatic carbocycles. The molecule has 0 saturated carbocycles. The molecule has 0 radical (unpaired) electrons. The van der Waals surface area contributed by atoms with Crippen molar-refractivity contribution >= 4 is 20.4 Å². The molecule has 2 aromatic carbocycles. The van der Waals surface area contributed by atoms with Crippen LogP contribution in [0.2, 0.25) is 18.1 Å². The fourth-order valence-corrected chi connectivity index (χ4v) is 4.58. The van der Waals surface area contributed by atoms with Crippen LogP contribution in [0.25, 0.3) is 6.08 Å². The monoisotopic (exact) mass is 532 g/mol. The van der Waals surface area contributed by atoms with Gasteiger partial charge in [-0.05, 0) is 54.0 Å². The van der Waals surface area contributed by atoms with E-state index in [4.69, 9.17) is 23.4 Å². The van der Waals surface area contributed by atoms with Crippen molar-refractivity contribution in [2.45, 2.75) is 51.1 Å². The van der Waals surface area contributed by atoms with E-state index in [0.717, 1.165) is 0 Å². The molecule has 3 rings (SSSR count). The fourth-order valence-electron chi connectivity index (χ4n) is 3.56. The summed E-state index contributed by atoms with van der Waals surface area (Å²) in [7, 11) is 2.00. The number of aromatic hydroxyl groups is 1. The van der Waals surface area contributed by atoms with Gasteiger partial charge in [-0.3, -0.25) is 0 Å². The minimum atomic E-state index is -2.27. The van der Waals surface area contributed by atoms with Crippen LogP contribution in [0, 0.1) is 0 Å². The van der Waals surface area contributed by atoms with Crippen molar-refractivity contribution in [1.82, 2.24) is 0 Å². The Labute approximate surface area is 218 Å². The van der Waals surface area contributed by atoms with Crippen LogP contribution in [0.5, 0.6) is 34.5 Å². The lowest BCUT2D eigenvalue weighted by Gasteiger charge is -2.37. The first-order valence-corrected chi connectivity index (χ1v) is 14.8. The van der Waals surface area contributed by atoms with Gasteiger partial charge in [0.15, 0.2) is 41.0 Å². The summed E-state index contributed by atoms with van der Waals surface area (Å²) in [6.45, 7) is 10.1. The number of phenols is 1. The lowest BCUT2D eigenvalue weighted by molar-refractivity contribution is -0.134. The first kappa shape index (κ1) is 28.2. The van der Waals surface area contributed by atoms with Crippen molar-refractivity contribution in [3.63, 3.8) is 0 Å². The number of methoxy groups -OCH3 is 3. The van der Waals surface area contributed by atoms with Gasteiger partial charge in [-0.15, -0.1) is 0 Å². The quantitative estimate of drug-likeness (QED) is 0.280. The molecule has 0 amide bonds. The minimum Gasteiger partial charge on any atom is -0.539 e. The summed E-state index contributed by atoms with van der Waals surface area (Å²) < 4.78 is 34.4. The van der Waals surface area contributed by atoms with E-state index in [0.29, 0.717) is 34.1 Å². The third-order valence-corrected chi connectivity index (χ3v) is 11.0. The smallest absolute Gasteiger partial charge is 0.330 e. The molecule has 2 N–H and O–H groups in total. The Hall–Kier alpha value is -3.37. The number of fused-ring (bicyclic) bond motifs is 1. The zero-order chi connectivity index (χ0) is 27.5. The maximum atomic E-state index is 11.5. The van der Waals surface area contributed by atoms with Crippen molar-refractivity contribution in [2.24, 2.45) is 0 Å². The number of esters is 1. The number of carbonyl (C=O) groups is 1. The van der Waals surface area contributed by atoms with Gasteiger partial charge in [0.2, 0.25) is 5.75 Å². The summed E-state index contributed by atoms with van der Waals surface area (Å²) in [5.74, 6) is 1.05. The van der Waals surface area contributed by atoms with E-state index in [1.54, 1.807) is 24.3 Å². The lowest BCUT2D eigenvalue weighted by atomic mass is 10.0. The van der Waals surface area contributed by atoms with Crippen molar-refractivity contribution in [1.29, 1.82) is 0 Å². The molecule has 1 heterocycles. The number of aliphatic hydroxyl groups is 1. The molecular weight excluding hydrogens is 496 g/mol. The molecular formula is C27H36O9Si. The third kappa shape index (κ3) is 5.97. The molecule has 2 unspecified atom stereocenters. The summed E-state index contributed by atoms with van der Waals surface area (Å²) in [4.78, 5) is 11.5. The molecule has 0 fully saturated rings. The summed E-state index contributed by atoms with van der Waals surface area (Å²) in [6, 6.07) is 6.61. The fraction of sp³-hybridized carbons (Fsp3) is 0.444. The van der Waals surface area contributed by atoms with Gasteiger partial charge >= 0.3 is 5.97 Å². The van der Waals surface area contributed by atoms with Crippen LogP contribution in [0.3, 0.4) is 0 Å². The summed E-state index contributed by atoms with van der Waals surface area (Å²) in [5.41, 5.74) is 1.14. The van der Waals surface area contributed by atoms with Crippen LogP contribution >= 0.6 is 0 Å². The van der Waals surface area contributed by atoms with E-state index in [-0.39, 0.29) is 23.1 Å². The van der Waals surface area contributed by atoms with Gasteiger partial charge < -0.3 is 38.3 Å². The van der Waals surface area contributed by atoms with Crippen LogP contribution < -0.4 is 23.4 Å². The molecule has 10 heteroatoms. The summed E-state index contributed by atoms with van der Waals surface area (Å²) in [6.07, 6.45) is 1.26. The van der Waals surface area contributed by atoms with Crippen molar-refractivity contribution in [3.8, 4) is 34.5 Å². The maximum Gasteiger partial charge on any atom is 0.330 e. The topological polar surface area (TPSA) is 113 Å². The van der Waals surface area contributed by atoms with E-state index < -0.39 is 26.5 Å². The Bertz CT molecular complexity index is 1170. The van der Waals surface area contributed by atoms with Crippen LogP contribution in [0.1, 0.15) is 38.0 Å². The molecule has 2 atom stereocenters. The van der Waals surface area contributed by atoms with Gasteiger partial charge in [0.25, 0.3) is 8.32 Å². The highest BCUT2D eigenvalue weighted by atomic mass is 28.4. The number of phenolic OH excluding ortho intramolecular Hbond substituents is 1. The summed E-state index contributed by atoms with van der Waals surface area (Å²) in [5, 5.41) is 21.0. The average molecular weight is 533 g/mol. The van der Waals surface area contributed by atoms with Gasteiger partial charge in [0.1, 0.15) is 0 Å². The zero-order valence-corrected chi connectivity index (χ0v) is 23.6. The number of ether oxygens (including phenoxy) is 5. The van der Waals surface area contributed by atoms with Gasteiger partial charge in [0.05, 0.1) is 27.9 Å². The molecule has 0 aromatic heterocycles. The van der Waals surface area contributed by atoms with E-state index in [2.05, 4.69) is 38.6 Å². The van der Waals surface area contributed by atoms with Crippen molar-refractivity contribution in [3.05, 3.63) is 41.5 Å². The second-order valence-corrected chi connectivity index (χ2v) is 14.9. The molecule has 0 saturated heterocycles. The number of hydrogen-bond acceptors (Lipinski definition) is 9. The Morgan fingerprint density at radius 2 is 1.73 bits per heavy atom. The molecule has 9 nitrogen and oxygen atoms in total. The third-order valence-electron chi connectivity index (χ3n) is 6.69. The highest BCUT2D eigenvalue weighted by molar-refractivity contribution is 6.74. The van der Waals surface area contributed by atoms with E-state index in [9.17, 15) is 15.0 Å². The Morgan fingerprint density at radius 1 is 1.05 bits per heavy atom. The normalized spacial score (nSPS) is 17.4. The van der Waals surface area contributed by atoms with E-state index >= 15 is 0 Å². The molecule has 0 bridgehead atoms. The predicted molar refractivity (Wildman–Crippen MR) is 141 cm³/mol. The molecule has 37 heavy (non-hydrogen) atoms. The standard InChI is InChI=1S/C27H36O9Si/c1-27(2,3)37(7,8)36-25-18(29)13-17(14-20(25)32-5)24-22(15-28)35-26-19(31-4)11-16(12-21(26)34-24)9-10-23(30)33-6/h9-14,22,24,28-29H,15H2,1-8H3/b10-9+. The Balaban J connectivity index is 2.03. The number of carbonyl (C=O) groups excluding carboxylic acids is 1.